The summed E-state index contributed by atoms with van der Waals surface area (Å²) in [6.45, 7) is 0. The Balaban J connectivity index is 1.13. The Kier molecular flexibility index (Phi) is 5.78. The lowest BCUT2D eigenvalue weighted by molar-refractivity contribution is 0.623. The lowest BCUT2D eigenvalue weighted by Gasteiger charge is -2.25. The van der Waals surface area contributed by atoms with Crippen molar-refractivity contribution in [3.8, 4) is 22.6 Å². The Bertz CT molecular complexity index is 2480. The molecule has 9 rings (SSSR count). The van der Waals surface area contributed by atoms with Crippen LogP contribution >= 0.6 is 0 Å². The molecule has 0 aliphatic carbocycles. The van der Waals surface area contributed by atoms with Crippen LogP contribution in [-0.4, -0.2) is 4.98 Å². The highest BCUT2D eigenvalue weighted by atomic mass is 16.3. The van der Waals surface area contributed by atoms with Gasteiger partial charge in [-0.1, -0.05) is 91.0 Å². The third-order valence-electron chi connectivity index (χ3n) is 8.50. The molecule has 0 N–H and O–H groups in total. The molecule has 0 aliphatic rings. The van der Waals surface area contributed by atoms with Gasteiger partial charge < -0.3 is 13.7 Å². The predicted octanol–water partition coefficient (Wildman–Crippen LogP) is 11.7. The van der Waals surface area contributed by atoms with E-state index in [0.717, 1.165) is 77.6 Å². The zero-order valence-electron chi connectivity index (χ0n) is 24.2. The molecule has 9 aromatic rings. The molecule has 0 saturated heterocycles. The number of hydrogen-bond donors (Lipinski definition) is 0. The van der Waals surface area contributed by atoms with Crippen LogP contribution in [0.5, 0.6) is 0 Å². The molecule has 7 aromatic carbocycles. The van der Waals surface area contributed by atoms with Crippen LogP contribution in [0.4, 0.5) is 17.1 Å². The monoisotopic (exact) mass is 578 g/mol. The number of oxazole rings is 1. The van der Waals surface area contributed by atoms with Crippen LogP contribution in [-0.2, 0) is 0 Å². The fourth-order valence-electron chi connectivity index (χ4n) is 6.37. The number of furan rings is 1. The lowest BCUT2D eigenvalue weighted by Crippen LogP contribution is -2.09. The maximum absolute atomic E-state index is 6.33. The molecule has 0 bridgehead atoms. The largest absolute Gasteiger partial charge is 0.456 e. The molecule has 0 fully saturated rings. The molecule has 0 spiro atoms. The summed E-state index contributed by atoms with van der Waals surface area (Å²) in [4.78, 5) is 7.04. The molecule has 4 heteroatoms. The SMILES string of the molecule is c1ccc(-c2nc3ccc4c(-c5ccc(N(c6ccccc6)c6ccc7c(c6)oc6ccccc67)cc5)cccc4c3o2)cc1. The average molecular weight is 579 g/mol. The van der Waals surface area contributed by atoms with E-state index in [9.17, 15) is 0 Å². The van der Waals surface area contributed by atoms with Crippen molar-refractivity contribution in [2.75, 3.05) is 4.90 Å². The molecule has 2 aromatic heterocycles. The molecular weight excluding hydrogens is 552 g/mol. The molecule has 0 radical (unpaired) electrons. The highest BCUT2D eigenvalue weighted by molar-refractivity contribution is 6.09. The van der Waals surface area contributed by atoms with Crippen molar-refractivity contribution in [2.45, 2.75) is 0 Å². The van der Waals surface area contributed by atoms with E-state index in [2.05, 4.69) is 114 Å². The number of para-hydroxylation sites is 2. The summed E-state index contributed by atoms with van der Waals surface area (Å²) in [6, 6.07) is 54.5. The van der Waals surface area contributed by atoms with Gasteiger partial charge in [0, 0.05) is 44.9 Å². The van der Waals surface area contributed by atoms with E-state index < -0.39 is 0 Å². The summed E-state index contributed by atoms with van der Waals surface area (Å²) in [5.41, 5.74) is 9.85. The van der Waals surface area contributed by atoms with Crippen LogP contribution in [0, 0.1) is 0 Å². The van der Waals surface area contributed by atoms with Crippen LogP contribution < -0.4 is 4.90 Å². The van der Waals surface area contributed by atoms with E-state index >= 15 is 0 Å². The van der Waals surface area contributed by atoms with Crippen LogP contribution in [0.2, 0.25) is 0 Å². The maximum atomic E-state index is 6.33. The molecular formula is C41H26N2O2. The van der Waals surface area contributed by atoms with Gasteiger partial charge in [-0.2, -0.15) is 0 Å². The topological polar surface area (TPSA) is 42.4 Å². The third-order valence-corrected chi connectivity index (χ3v) is 8.50. The van der Waals surface area contributed by atoms with Crippen LogP contribution in [0.3, 0.4) is 0 Å². The van der Waals surface area contributed by atoms with Gasteiger partial charge in [-0.05, 0) is 77.2 Å². The fourth-order valence-corrected chi connectivity index (χ4v) is 6.37. The maximum Gasteiger partial charge on any atom is 0.227 e. The second-order valence-electron chi connectivity index (χ2n) is 11.2. The van der Waals surface area contributed by atoms with Crippen molar-refractivity contribution in [3.63, 3.8) is 0 Å². The van der Waals surface area contributed by atoms with Crippen molar-refractivity contribution < 1.29 is 8.83 Å². The molecule has 4 nitrogen and oxygen atoms in total. The highest BCUT2D eigenvalue weighted by Crippen LogP contribution is 2.40. The number of nitrogens with zero attached hydrogens (tertiary/aromatic N) is 2. The van der Waals surface area contributed by atoms with Gasteiger partial charge in [0.2, 0.25) is 5.89 Å². The second-order valence-corrected chi connectivity index (χ2v) is 11.2. The molecule has 0 aliphatic heterocycles. The van der Waals surface area contributed by atoms with Gasteiger partial charge >= 0.3 is 0 Å². The van der Waals surface area contributed by atoms with Gasteiger partial charge in [0.25, 0.3) is 0 Å². The Labute approximate surface area is 259 Å². The van der Waals surface area contributed by atoms with Crippen molar-refractivity contribution in [3.05, 3.63) is 158 Å². The summed E-state index contributed by atoms with van der Waals surface area (Å²) < 4.78 is 12.6. The van der Waals surface area contributed by atoms with E-state index in [0.29, 0.717) is 5.89 Å². The summed E-state index contributed by atoms with van der Waals surface area (Å²) in [5, 5.41) is 4.42. The average Bonchev–Trinajstić information content (AvgIpc) is 3.71. The van der Waals surface area contributed by atoms with Crippen LogP contribution in [0.25, 0.3) is 66.4 Å². The molecule has 0 amide bonds. The first kappa shape index (κ1) is 25.4. The number of benzene rings is 7. The van der Waals surface area contributed by atoms with Gasteiger partial charge in [-0.15, -0.1) is 0 Å². The van der Waals surface area contributed by atoms with E-state index in [4.69, 9.17) is 13.8 Å². The van der Waals surface area contributed by atoms with Crippen molar-refractivity contribution in [1.29, 1.82) is 0 Å². The lowest BCUT2D eigenvalue weighted by atomic mass is 9.97. The first-order valence-corrected chi connectivity index (χ1v) is 15.0. The number of hydrogen-bond acceptors (Lipinski definition) is 4. The zero-order chi connectivity index (χ0) is 29.7. The fraction of sp³-hybridized carbons (Fsp3) is 0. The van der Waals surface area contributed by atoms with E-state index in [1.54, 1.807) is 0 Å². The highest BCUT2D eigenvalue weighted by Gasteiger charge is 2.17. The Morgan fingerprint density at radius 3 is 1.93 bits per heavy atom. The Hall–Kier alpha value is -6.13. The van der Waals surface area contributed by atoms with Gasteiger partial charge in [0.05, 0.1) is 0 Å². The minimum Gasteiger partial charge on any atom is -0.456 e. The van der Waals surface area contributed by atoms with Gasteiger partial charge in [0.1, 0.15) is 16.7 Å². The summed E-state index contributed by atoms with van der Waals surface area (Å²) >= 11 is 0. The van der Waals surface area contributed by atoms with Crippen molar-refractivity contribution in [1.82, 2.24) is 4.98 Å². The standard InChI is InChI=1S/C41H26N2O2/c1-3-10-28(11-4-1)41-42-37-25-24-33-32(15-9-16-36(33)40(37)45-41)27-18-20-30(21-19-27)43(29-12-5-2-6-13-29)31-22-23-35-34-14-7-8-17-38(34)44-39(35)26-31/h1-26H. The van der Waals surface area contributed by atoms with E-state index in [-0.39, 0.29) is 0 Å². The number of anilines is 3. The molecule has 0 atom stereocenters. The summed E-state index contributed by atoms with van der Waals surface area (Å²) in [5.74, 6) is 0.634. The molecule has 45 heavy (non-hydrogen) atoms. The first-order chi connectivity index (χ1) is 22.3. The normalized spacial score (nSPS) is 11.6. The Morgan fingerprint density at radius 2 is 1.09 bits per heavy atom. The van der Waals surface area contributed by atoms with E-state index in [1.165, 1.54) is 0 Å². The predicted molar refractivity (Wildman–Crippen MR) is 184 cm³/mol. The number of fused-ring (bicyclic) bond motifs is 6. The van der Waals surface area contributed by atoms with Crippen LogP contribution in [0.15, 0.2) is 167 Å². The molecule has 0 saturated carbocycles. The first-order valence-electron chi connectivity index (χ1n) is 15.0. The number of aromatic nitrogens is 1. The van der Waals surface area contributed by atoms with Crippen LogP contribution in [0.1, 0.15) is 0 Å². The third kappa shape index (κ3) is 4.27. The quantitative estimate of drug-likeness (QED) is 0.204. The zero-order valence-corrected chi connectivity index (χ0v) is 24.2. The Morgan fingerprint density at radius 1 is 0.422 bits per heavy atom. The van der Waals surface area contributed by atoms with Crippen molar-refractivity contribution in [2.24, 2.45) is 0 Å². The van der Waals surface area contributed by atoms with Gasteiger partial charge in [-0.25, -0.2) is 4.98 Å². The molecule has 2 heterocycles. The minimum absolute atomic E-state index is 0.634. The summed E-state index contributed by atoms with van der Waals surface area (Å²) in [6.07, 6.45) is 0. The summed E-state index contributed by atoms with van der Waals surface area (Å²) in [7, 11) is 0. The van der Waals surface area contributed by atoms with E-state index in [1.807, 2.05) is 48.5 Å². The van der Waals surface area contributed by atoms with Gasteiger partial charge in [-0.3, -0.25) is 0 Å². The molecule has 0 unspecified atom stereocenters. The minimum atomic E-state index is 0.634. The van der Waals surface area contributed by atoms with Crippen molar-refractivity contribution >= 4 is 60.9 Å². The van der Waals surface area contributed by atoms with Gasteiger partial charge in [0.15, 0.2) is 5.58 Å². The smallest absolute Gasteiger partial charge is 0.227 e. The second kappa shape index (κ2) is 10.2. The molecule has 212 valence electrons. The number of rotatable bonds is 5.